The Balaban J connectivity index is 1.98. The van der Waals surface area contributed by atoms with Crippen LogP contribution in [-0.4, -0.2) is 37.0 Å². The molecule has 3 nitrogen and oxygen atoms in total. The summed E-state index contributed by atoms with van der Waals surface area (Å²) in [7, 11) is 0. The molecular weight excluding hydrogens is 236 g/mol. The molecule has 1 heterocycles. The molecule has 0 saturated carbocycles. The van der Waals surface area contributed by atoms with Gasteiger partial charge < -0.3 is 9.80 Å². The first-order valence-corrected chi connectivity index (χ1v) is 6.99. The molecule has 3 heteroatoms. The van der Waals surface area contributed by atoms with Gasteiger partial charge in [-0.05, 0) is 24.6 Å². The van der Waals surface area contributed by atoms with Gasteiger partial charge in [-0.1, -0.05) is 32.9 Å². The third kappa shape index (κ3) is 3.28. The number of rotatable bonds is 1. The standard InChI is InChI=1S/C16H24N2O/c1-13-6-5-7-14(12-13)17-8-10-18(11-9-17)15(19)16(2,3)4/h5-7,12H,8-11H2,1-4H3. The van der Waals surface area contributed by atoms with Crippen molar-refractivity contribution >= 4 is 11.6 Å². The van der Waals surface area contributed by atoms with Gasteiger partial charge in [-0.3, -0.25) is 4.79 Å². The third-order valence-electron chi connectivity index (χ3n) is 3.58. The Morgan fingerprint density at radius 2 is 1.74 bits per heavy atom. The number of hydrogen-bond donors (Lipinski definition) is 0. The Labute approximate surface area is 116 Å². The molecule has 1 aliphatic heterocycles. The minimum absolute atomic E-state index is 0.261. The Morgan fingerprint density at radius 1 is 1.11 bits per heavy atom. The number of benzene rings is 1. The van der Waals surface area contributed by atoms with Crippen LogP contribution in [0.5, 0.6) is 0 Å². The van der Waals surface area contributed by atoms with Crippen LogP contribution in [0.25, 0.3) is 0 Å². The van der Waals surface area contributed by atoms with Crippen molar-refractivity contribution in [1.82, 2.24) is 4.90 Å². The van der Waals surface area contributed by atoms with Crippen LogP contribution < -0.4 is 4.90 Å². The van der Waals surface area contributed by atoms with Crippen molar-refractivity contribution < 1.29 is 4.79 Å². The smallest absolute Gasteiger partial charge is 0.228 e. The molecule has 19 heavy (non-hydrogen) atoms. The number of hydrogen-bond acceptors (Lipinski definition) is 2. The Bertz CT molecular complexity index is 454. The SMILES string of the molecule is Cc1cccc(N2CCN(C(=O)C(C)(C)C)CC2)c1. The molecule has 0 unspecified atom stereocenters. The van der Waals surface area contributed by atoms with Crippen molar-refractivity contribution in [2.24, 2.45) is 5.41 Å². The van der Waals surface area contributed by atoms with E-state index in [1.165, 1.54) is 11.3 Å². The van der Waals surface area contributed by atoms with Crippen LogP contribution in [0, 0.1) is 12.3 Å². The Morgan fingerprint density at radius 3 is 2.26 bits per heavy atom. The third-order valence-corrected chi connectivity index (χ3v) is 3.58. The molecular formula is C16H24N2O. The molecule has 0 radical (unpaired) electrons. The zero-order valence-corrected chi connectivity index (χ0v) is 12.4. The molecule has 1 fully saturated rings. The van der Waals surface area contributed by atoms with Crippen LogP contribution in [0.4, 0.5) is 5.69 Å². The zero-order chi connectivity index (χ0) is 14.0. The molecule has 1 aliphatic rings. The zero-order valence-electron chi connectivity index (χ0n) is 12.4. The lowest BCUT2D eigenvalue weighted by atomic mass is 9.94. The van der Waals surface area contributed by atoms with Gasteiger partial charge in [-0.15, -0.1) is 0 Å². The van der Waals surface area contributed by atoms with Gasteiger partial charge in [0.25, 0.3) is 0 Å². The van der Waals surface area contributed by atoms with Crippen molar-refractivity contribution in [3.63, 3.8) is 0 Å². The normalized spacial score (nSPS) is 16.6. The predicted molar refractivity (Wildman–Crippen MR) is 79.4 cm³/mol. The summed E-state index contributed by atoms with van der Waals surface area (Å²) < 4.78 is 0. The number of anilines is 1. The summed E-state index contributed by atoms with van der Waals surface area (Å²) in [6.07, 6.45) is 0. The van der Waals surface area contributed by atoms with Gasteiger partial charge >= 0.3 is 0 Å². The highest BCUT2D eigenvalue weighted by atomic mass is 16.2. The van der Waals surface area contributed by atoms with E-state index in [-0.39, 0.29) is 11.3 Å². The van der Waals surface area contributed by atoms with Crippen LogP contribution in [-0.2, 0) is 4.79 Å². The first-order valence-electron chi connectivity index (χ1n) is 6.99. The minimum Gasteiger partial charge on any atom is -0.368 e. The maximum Gasteiger partial charge on any atom is 0.228 e. The Kier molecular flexibility index (Phi) is 3.83. The van der Waals surface area contributed by atoms with Gasteiger partial charge in [0, 0.05) is 37.3 Å². The second-order valence-electron chi connectivity index (χ2n) is 6.37. The molecule has 104 valence electrons. The van der Waals surface area contributed by atoms with E-state index in [1.807, 2.05) is 25.7 Å². The van der Waals surface area contributed by atoms with Gasteiger partial charge in [0.1, 0.15) is 0 Å². The summed E-state index contributed by atoms with van der Waals surface area (Å²) in [6.45, 7) is 11.6. The van der Waals surface area contributed by atoms with E-state index < -0.39 is 0 Å². The van der Waals surface area contributed by atoms with Crippen LogP contribution in [0.1, 0.15) is 26.3 Å². The lowest BCUT2D eigenvalue weighted by molar-refractivity contribution is -0.139. The molecule has 1 aromatic rings. The second kappa shape index (κ2) is 5.24. The van der Waals surface area contributed by atoms with Crippen molar-refractivity contribution in [2.75, 3.05) is 31.1 Å². The monoisotopic (exact) mass is 260 g/mol. The number of carbonyl (C=O) groups excluding carboxylic acids is 1. The van der Waals surface area contributed by atoms with Crippen LogP contribution >= 0.6 is 0 Å². The van der Waals surface area contributed by atoms with Crippen molar-refractivity contribution in [3.8, 4) is 0 Å². The van der Waals surface area contributed by atoms with E-state index in [9.17, 15) is 4.79 Å². The first-order chi connectivity index (χ1) is 8.88. The first kappa shape index (κ1) is 13.9. The van der Waals surface area contributed by atoms with E-state index >= 15 is 0 Å². The summed E-state index contributed by atoms with van der Waals surface area (Å²) in [5.41, 5.74) is 2.28. The molecule has 0 aromatic heterocycles. The highest BCUT2D eigenvalue weighted by Crippen LogP contribution is 2.21. The summed E-state index contributed by atoms with van der Waals surface area (Å²) in [6, 6.07) is 8.57. The highest BCUT2D eigenvalue weighted by Gasteiger charge is 2.29. The van der Waals surface area contributed by atoms with Crippen LogP contribution in [0.2, 0.25) is 0 Å². The molecule has 0 N–H and O–H groups in total. The van der Waals surface area contributed by atoms with Gasteiger partial charge in [-0.25, -0.2) is 0 Å². The second-order valence-corrected chi connectivity index (χ2v) is 6.37. The number of nitrogens with zero attached hydrogens (tertiary/aromatic N) is 2. The number of carbonyl (C=O) groups is 1. The number of aryl methyl sites for hydroxylation is 1. The van der Waals surface area contributed by atoms with Crippen LogP contribution in [0.15, 0.2) is 24.3 Å². The van der Waals surface area contributed by atoms with E-state index in [1.54, 1.807) is 0 Å². The molecule has 2 rings (SSSR count). The quantitative estimate of drug-likeness (QED) is 0.775. The largest absolute Gasteiger partial charge is 0.368 e. The molecule has 0 atom stereocenters. The fourth-order valence-electron chi connectivity index (χ4n) is 2.47. The predicted octanol–water partition coefficient (Wildman–Crippen LogP) is 2.69. The van der Waals surface area contributed by atoms with Crippen molar-refractivity contribution in [3.05, 3.63) is 29.8 Å². The van der Waals surface area contributed by atoms with Crippen molar-refractivity contribution in [2.45, 2.75) is 27.7 Å². The van der Waals surface area contributed by atoms with E-state index in [4.69, 9.17) is 0 Å². The molecule has 0 spiro atoms. The van der Waals surface area contributed by atoms with Crippen LogP contribution in [0.3, 0.4) is 0 Å². The highest BCUT2D eigenvalue weighted by molar-refractivity contribution is 5.81. The fraction of sp³-hybridized carbons (Fsp3) is 0.562. The summed E-state index contributed by atoms with van der Waals surface area (Å²) >= 11 is 0. The lowest BCUT2D eigenvalue weighted by Gasteiger charge is -2.38. The molecule has 0 bridgehead atoms. The Hall–Kier alpha value is -1.51. The van der Waals surface area contributed by atoms with Gasteiger partial charge in [0.15, 0.2) is 0 Å². The van der Waals surface area contributed by atoms with E-state index in [2.05, 4.69) is 36.1 Å². The summed E-state index contributed by atoms with van der Waals surface area (Å²) in [5.74, 6) is 0.261. The average Bonchev–Trinajstić information content (AvgIpc) is 2.37. The number of amides is 1. The van der Waals surface area contributed by atoms with Gasteiger partial charge in [0.2, 0.25) is 5.91 Å². The number of piperazine rings is 1. The summed E-state index contributed by atoms with van der Waals surface area (Å²) in [5, 5.41) is 0. The lowest BCUT2D eigenvalue weighted by Crippen LogP contribution is -2.51. The summed E-state index contributed by atoms with van der Waals surface area (Å²) in [4.78, 5) is 16.6. The van der Waals surface area contributed by atoms with Gasteiger partial charge in [-0.2, -0.15) is 0 Å². The maximum absolute atomic E-state index is 12.2. The van der Waals surface area contributed by atoms with Gasteiger partial charge in [0.05, 0.1) is 0 Å². The average molecular weight is 260 g/mol. The molecule has 1 saturated heterocycles. The minimum atomic E-state index is -0.272. The topological polar surface area (TPSA) is 23.6 Å². The molecule has 1 amide bonds. The molecule has 1 aromatic carbocycles. The van der Waals surface area contributed by atoms with E-state index in [0.717, 1.165) is 26.2 Å². The van der Waals surface area contributed by atoms with Crippen molar-refractivity contribution in [1.29, 1.82) is 0 Å². The fourth-order valence-corrected chi connectivity index (χ4v) is 2.47. The molecule has 0 aliphatic carbocycles. The maximum atomic E-state index is 12.2. The van der Waals surface area contributed by atoms with E-state index in [0.29, 0.717) is 0 Å².